The first-order valence-corrected chi connectivity index (χ1v) is 11.8. The van der Waals surface area contributed by atoms with Gasteiger partial charge in [-0.3, -0.25) is 9.48 Å². The minimum absolute atomic E-state index is 0.0506. The molecule has 1 aliphatic carbocycles. The molecule has 1 aliphatic rings. The second kappa shape index (κ2) is 10.1. The van der Waals surface area contributed by atoms with Gasteiger partial charge in [-0.25, -0.2) is 9.97 Å². The molecule has 0 bridgehead atoms. The molecule has 174 valence electrons. The predicted octanol–water partition coefficient (Wildman–Crippen LogP) is 3.99. The number of anilines is 1. The molecule has 3 aromatic rings. The quantitative estimate of drug-likeness (QED) is 0.439. The third-order valence-electron chi connectivity index (χ3n) is 6.17. The average Bonchev–Trinajstić information content (AvgIpc) is 3.35. The lowest BCUT2D eigenvalue weighted by Gasteiger charge is -2.14. The van der Waals surface area contributed by atoms with E-state index in [0.717, 1.165) is 22.2 Å². The van der Waals surface area contributed by atoms with Crippen molar-refractivity contribution in [2.45, 2.75) is 51.5 Å². The fourth-order valence-corrected chi connectivity index (χ4v) is 4.66. The second-order valence-electron chi connectivity index (χ2n) is 8.59. The van der Waals surface area contributed by atoms with Gasteiger partial charge in [0.05, 0.1) is 30.0 Å². The van der Waals surface area contributed by atoms with Gasteiger partial charge in [0.15, 0.2) is 0 Å². The number of hydrogen-bond acceptors (Lipinski definition) is 7. The summed E-state index contributed by atoms with van der Waals surface area (Å²) in [7, 11) is 1.63. The molecule has 4 atom stereocenters. The van der Waals surface area contributed by atoms with E-state index in [1.54, 1.807) is 17.9 Å². The number of carbonyl (C=O) groups is 1. The van der Waals surface area contributed by atoms with E-state index in [-0.39, 0.29) is 30.0 Å². The highest BCUT2D eigenvalue weighted by Crippen LogP contribution is 2.29. The predicted molar refractivity (Wildman–Crippen MR) is 128 cm³/mol. The number of nitrogens with zero attached hydrogens (tertiary/aromatic N) is 4. The Morgan fingerprint density at radius 1 is 1.36 bits per heavy atom. The van der Waals surface area contributed by atoms with Crippen LogP contribution in [-0.4, -0.2) is 49.9 Å². The van der Waals surface area contributed by atoms with Gasteiger partial charge in [-0.15, -0.1) is 0 Å². The standard InChI is InChI=1S/C24H28BrN5O3/c1-14-7-18(9-22(14)31)28-24-19(11-26-13-27-24)23(32)20-10-21(15(2)33-3)30(29-20)12-16-5-4-6-17(25)8-16/h4-6,8,10-11,13-15,18,22,31H,7,9,12H2,1-3H3,(H,26,27,28)/t14-,15-,18-,22+/m1/s1. The van der Waals surface area contributed by atoms with Gasteiger partial charge in [-0.05, 0) is 49.4 Å². The van der Waals surface area contributed by atoms with Gasteiger partial charge < -0.3 is 15.2 Å². The number of ketones is 1. The van der Waals surface area contributed by atoms with Crippen LogP contribution in [0.3, 0.4) is 0 Å². The number of aliphatic hydroxyl groups excluding tert-OH is 1. The van der Waals surface area contributed by atoms with Crippen LogP contribution in [0.2, 0.25) is 0 Å². The van der Waals surface area contributed by atoms with Crippen molar-refractivity contribution >= 4 is 27.5 Å². The third kappa shape index (κ3) is 5.31. The molecule has 8 nitrogen and oxygen atoms in total. The SMILES string of the molecule is CO[C@H](C)c1cc(C(=O)c2cncnc2N[C@@H]2C[C@@H](C)[C@@H](O)C2)nn1Cc1cccc(Br)c1. The van der Waals surface area contributed by atoms with E-state index in [4.69, 9.17) is 4.74 Å². The largest absolute Gasteiger partial charge is 0.393 e. The maximum Gasteiger partial charge on any atom is 0.218 e. The van der Waals surface area contributed by atoms with Crippen LogP contribution in [0.15, 0.2) is 47.3 Å². The summed E-state index contributed by atoms with van der Waals surface area (Å²) in [6.45, 7) is 4.45. The molecule has 1 fully saturated rings. The molecule has 0 aliphatic heterocycles. The number of carbonyl (C=O) groups excluding carboxylic acids is 1. The average molecular weight is 514 g/mol. The van der Waals surface area contributed by atoms with Gasteiger partial charge in [0.1, 0.15) is 17.8 Å². The summed E-state index contributed by atoms with van der Waals surface area (Å²) in [6.07, 6.45) is 3.77. The molecule has 0 saturated heterocycles. The lowest BCUT2D eigenvalue weighted by Crippen LogP contribution is -2.20. The highest BCUT2D eigenvalue weighted by atomic mass is 79.9. The Morgan fingerprint density at radius 3 is 2.88 bits per heavy atom. The number of methoxy groups -OCH3 is 1. The molecule has 33 heavy (non-hydrogen) atoms. The van der Waals surface area contributed by atoms with Gasteiger partial charge in [-0.1, -0.05) is 35.0 Å². The lowest BCUT2D eigenvalue weighted by molar-refractivity contribution is 0.103. The fraction of sp³-hybridized carbons (Fsp3) is 0.417. The number of halogens is 1. The summed E-state index contributed by atoms with van der Waals surface area (Å²) in [5.41, 5.74) is 2.52. The minimum atomic E-state index is -0.352. The van der Waals surface area contributed by atoms with Crippen LogP contribution in [-0.2, 0) is 11.3 Å². The summed E-state index contributed by atoms with van der Waals surface area (Å²) in [6, 6.07) is 9.79. The van der Waals surface area contributed by atoms with E-state index >= 15 is 0 Å². The smallest absolute Gasteiger partial charge is 0.218 e. The summed E-state index contributed by atoms with van der Waals surface area (Å²) in [5.74, 6) is 0.404. The molecule has 4 rings (SSSR count). The van der Waals surface area contributed by atoms with Gasteiger partial charge in [0.25, 0.3) is 0 Å². The van der Waals surface area contributed by atoms with Crippen LogP contribution < -0.4 is 5.32 Å². The van der Waals surface area contributed by atoms with Crippen molar-refractivity contribution in [2.24, 2.45) is 5.92 Å². The molecule has 1 aromatic carbocycles. The number of ether oxygens (including phenoxy) is 1. The first kappa shape index (κ1) is 23.5. The first-order chi connectivity index (χ1) is 15.9. The molecule has 0 radical (unpaired) electrons. The minimum Gasteiger partial charge on any atom is -0.393 e. The topological polar surface area (TPSA) is 102 Å². The summed E-state index contributed by atoms with van der Waals surface area (Å²) >= 11 is 3.50. The molecular formula is C24H28BrN5O3. The van der Waals surface area contributed by atoms with Crippen molar-refractivity contribution in [3.05, 3.63) is 69.8 Å². The van der Waals surface area contributed by atoms with Crippen molar-refractivity contribution in [3.63, 3.8) is 0 Å². The van der Waals surface area contributed by atoms with Crippen LogP contribution in [0.5, 0.6) is 0 Å². The maximum atomic E-state index is 13.5. The van der Waals surface area contributed by atoms with Crippen molar-refractivity contribution in [1.82, 2.24) is 19.7 Å². The third-order valence-corrected chi connectivity index (χ3v) is 6.67. The number of nitrogens with one attached hydrogen (secondary N) is 1. The van der Waals surface area contributed by atoms with Crippen LogP contribution in [0, 0.1) is 5.92 Å². The molecule has 9 heteroatoms. The van der Waals surface area contributed by atoms with E-state index in [1.165, 1.54) is 12.5 Å². The fourth-order valence-electron chi connectivity index (χ4n) is 4.21. The Hall–Kier alpha value is -2.62. The molecule has 2 aromatic heterocycles. The number of hydrogen-bond donors (Lipinski definition) is 2. The van der Waals surface area contributed by atoms with Gasteiger partial charge >= 0.3 is 0 Å². The van der Waals surface area contributed by atoms with E-state index in [0.29, 0.717) is 30.0 Å². The molecule has 1 saturated carbocycles. The lowest BCUT2D eigenvalue weighted by atomic mass is 10.1. The number of benzene rings is 1. The van der Waals surface area contributed by atoms with Crippen LogP contribution in [0.4, 0.5) is 5.82 Å². The molecule has 2 N–H and O–H groups in total. The van der Waals surface area contributed by atoms with Crippen molar-refractivity contribution in [2.75, 3.05) is 12.4 Å². The highest BCUT2D eigenvalue weighted by Gasteiger charge is 2.31. The van der Waals surface area contributed by atoms with E-state index in [9.17, 15) is 9.90 Å². The number of aromatic nitrogens is 4. The molecule has 0 unspecified atom stereocenters. The van der Waals surface area contributed by atoms with Crippen LogP contribution in [0.25, 0.3) is 0 Å². The van der Waals surface area contributed by atoms with E-state index < -0.39 is 0 Å². The first-order valence-electron chi connectivity index (χ1n) is 11.0. The number of rotatable bonds is 8. The zero-order chi connectivity index (χ0) is 23.5. The van der Waals surface area contributed by atoms with Crippen LogP contribution in [0.1, 0.15) is 60.1 Å². The Labute approximate surface area is 201 Å². The van der Waals surface area contributed by atoms with Gasteiger partial charge in [-0.2, -0.15) is 5.10 Å². The Balaban J connectivity index is 1.63. The van der Waals surface area contributed by atoms with Crippen molar-refractivity contribution in [1.29, 1.82) is 0 Å². The Bertz CT molecular complexity index is 1120. The number of aliphatic hydroxyl groups is 1. The maximum absolute atomic E-state index is 13.5. The van der Waals surface area contributed by atoms with Crippen molar-refractivity contribution in [3.8, 4) is 0 Å². The molecule has 2 heterocycles. The Kier molecular flexibility index (Phi) is 7.21. The second-order valence-corrected chi connectivity index (χ2v) is 9.51. The normalized spacial score (nSPS) is 21.2. The molecule has 0 spiro atoms. The zero-order valence-corrected chi connectivity index (χ0v) is 20.5. The van der Waals surface area contributed by atoms with Gasteiger partial charge in [0.2, 0.25) is 5.78 Å². The van der Waals surface area contributed by atoms with E-state index in [2.05, 4.69) is 36.3 Å². The highest BCUT2D eigenvalue weighted by molar-refractivity contribution is 9.10. The summed E-state index contributed by atoms with van der Waals surface area (Å²) < 4.78 is 8.31. The molecule has 0 amide bonds. The van der Waals surface area contributed by atoms with Gasteiger partial charge in [0, 0.05) is 23.8 Å². The van der Waals surface area contributed by atoms with Crippen molar-refractivity contribution < 1.29 is 14.6 Å². The Morgan fingerprint density at radius 2 is 2.18 bits per heavy atom. The van der Waals surface area contributed by atoms with E-state index in [1.807, 2.05) is 38.1 Å². The van der Waals surface area contributed by atoms with Crippen LogP contribution >= 0.6 is 15.9 Å². The monoisotopic (exact) mass is 513 g/mol. The summed E-state index contributed by atoms with van der Waals surface area (Å²) in [4.78, 5) is 21.8. The summed E-state index contributed by atoms with van der Waals surface area (Å²) in [5, 5.41) is 18.0. The zero-order valence-electron chi connectivity index (χ0n) is 18.9. The molecular weight excluding hydrogens is 486 g/mol.